The molecule has 5 nitrogen and oxygen atoms in total. The highest BCUT2D eigenvalue weighted by molar-refractivity contribution is 7.98. The van der Waals surface area contributed by atoms with E-state index in [1.165, 1.54) is 6.21 Å². The molecule has 20 heavy (non-hydrogen) atoms. The number of amides is 2. The number of nitrogens with zero attached hydrogens (tertiary/aromatic N) is 2. The molecule has 2 rings (SSSR count). The van der Waals surface area contributed by atoms with Crippen molar-refractivity contribution in [3.05, 3.63) is 29.8 Å². The summed E-state index contributed by atoms with van der Waals surface area (Å²) in [6.45, 7) is 1.32. The first-order valence-corrected chi connectivity index (χ1v) is 7.69. The van der Waals surface area contributed by atoms with E-state index in [1.807, 2.05) is 30.5 Å². The van der Waals surface area contributed by atoms with E-state index < -0.39 is 11.8 Å². The second kappa shape index (κ2) is 7.09. The van der Waals surface area contributed by atoms with Crippen molar-refractivity contribution in [1.82, 2.24) is 10.3 Å². The third kappa shape index (κ3) is 3.84. The first-order valence-electron chi connectivity index (χ1n) is 6.47. The Morgan fingerprint density at radius 3 is 2.50 bits per heavy atom. The van der Waals surface area contributed by atoms with Gasteiger partial charge in [0.15, 0.2) is 0 Å². The number of nitrogens with one attached hydrogen (secondary N) is 1. The maximum Gasteiger partial charge on any atom is 0.329 e. The van der Waals surface area contributed by atoms with Crippen LogP contribution in [0, 0.1) is 0 Å². The van der Waals surface area contributed by atoms with E-state index >= 15 is 0 Å². The lowest BCUT2D eigenvalue weighted by molar-refractivity contribution is -0.145. The summed E-state index contributed by atoms with van der Waals surface area (Å²) in [6.07, 6.45) is 5.46. The Labute approximate surface area is 122 Å². The summed E-state index contributed by atoms with van der Waals surface area (Å²) in [5.41, 5.74) is 3.14. The number of likely N-dealkylation sites (tertiary alicyclic amines) is 1. The predicted octanol–water partition coefficient (Wildman–Crippen LogP) is 1.48. The Kier molecular flexibility index (Phi) is 5.17. The van der Waals surface area contributed by atoms with Crippen LogP contribution in [0.5, 0.6) is 0 Å². The highest BCUT2D eigenvalue weighted by Gasteiger charge is 2.23. The van der Waals surface area contributed by atoms with E-state index in [4.69, 9.17) is 0 Å². The molecule has 1 fully saturated rings. The van der Waals surface area contributed by atoms with Crippen molar-refractivity contribution in [2.24, 2.45) is 5.10 Å². The van der Waals surface area contributed by atoms with Crippen LogP contribution in [0.1, 0.15) is 18.4 Å². The van der Waals surface area contributed by atoms with Crippen LogP contribution < -0.4 is 5.43 Å². The van der Waals surface area contributed by atoms with Crippen molar-refractivity contribution in [2.45, 2.75) is 17.7 Å². The molecule has 0 unspecified atom stereocenters. The van der Waals surface area contributed by atoms with Gasteiger partial charge in [0.2, 0.25) is 0 Å². The quantitative estimate of drug-likeness (QED) is 0.397. The fourth-order valence-corrected chi connectivity index (χ4v) is 2.38. The van der Waals surface area contributed by atoms with Gasteiger partial charge in [-0.15, -0.1) is 11.8 Å². The largest absolute Gasteiger partial charge is 0.334 e. The monoisotopic (exact) mass is 291 g/mol. The van der Waals surface area contributed by atoms with Gasteiger partial charge in [0.25, 0.3) is 0 Å². The summed E-state index contributed by atoms with van der Waals surface area (Å²) in [4.78, 5) is 26.0. The molecule has 106 valence electrons. The number of carbonyl (C=O) groups is 2. The van der Waals surface area contributed by atoms with E-state index in [1.54, 1.807) is 16.7 Å². The third-order valence-corrected chi connectivity index (χ3v) is 3.83. The van der Waals surface area contributed by atoms with Crippen molar-refractivity contribution in [3.8, 4) is 0 Å². The van der Waals surface area contributed by atoms with Crippen LogP contribution in [-0.2, 0) is 9.59 Å². The maximum absolute atomic E-state index is 11.7. The highest BCUT2D eigenvalue weighted by atomic mass is 32.2. The number of carbonyl (C=O) groups excluding carboxylic acids is 2. The van der Waals surface area contributed by atoms with Crippen molar-refractivity contribution < 1.29 is 9.59 Å². The van der Waals surface area contributed by atoms with Gasteiger partial charge in [0.05, 0.1) is 6.21 Å². The number of hydrogen-bond donors (Lipinski definition) is 1. The van der Waals surface area contributed by atoms with Crippen LogP contribution in [0.2, 0.25) is 0 Å². The molecule has 0 aromatic heterocycles. The van der Waals surface area contributed by atoms with E-state index in [2.05, 4.69) is 10.5 Å². The second-order valence-electron chi connectivity index (χ2n) is 4.47. The smallest absolute Gasteiger partial charge is 0.329 e. The van der Waals surface area contributed by atoms with E-state index in [0.717, 1.165) is 23.3 Å². The lowest BCUT2D eigenvalue weighted by Crippen LogP contribution is -2.39. The third-order valence-electron chi connectivity index (χ3n) is 3.08. The van der Waals surface area contributed by atoms with Gasteiger partial charge in [-0.05, 0) is 36.8 Å². The molecule has 0 bridgehead atoms. The van der Waals surface area contributed by atoms with E-state index in [-0.39, 0.29) is 0 Å². The van der Waals surface area contributed by atoms with Crippen LogP contribution in [0.15, 0.2) is 34.3 Å². The molecule has 1 aromatic rings. The zero-order valence-corrected chi connectivity index (χ0v) is 12.2. The van der Waals surface area contributed by atoms with Crippen LogP contribution in [-0.4, -0.2) is 42.3 Å². The molecule has 0 aliphatic carbocycles. The second-order valence-corrected chi connectivity index (χ2v) is 5.35. The van der Waals surface area contributed by atoms with Crippen molar-refractivity contribution in [2.75, 3.05) is 19.3 Å². The van der Waals surface area contributed by atoms with E-state index in [0.29, 0.717) is 13.1 Å². The zero-order valence-electron chi connectivity index (χ0n) is 11.3. The first-order chi connectivity index (χ1) is 9.70. The van der Waals surface area contributed by atoms with Gasteiger partial charge in [-0.25, -0.2) is 5.43 Å². The minimum atomic E-state index is -0.677. The molecule has 0 spiro atoms. The Morgan fingerprint density at radius 2 is 1.90 bits per heavy atom. The Hall–Kier alpha value is -1.82. The fraction of sp³-hybridized carbons (Fsp3) is 0.357. The predicted molar refractivity (Wildman–Crippen MR) is 79.8 cm³/mol. The average molecular weight is 291 g/mol. The number of rotatable bonds is 3. The van der Waals surface area contributed by atoms with Gasteiger partial charge in [-0.2, -0.15) is 5.10 Å². The Balaban J connectivity index is 1.85. The summed E-state index contributed by atoms with van der Waals surface area (Å²) in [6, 6.07) is 7.76. The molecule has 1 aliphatic heterocycles. The SMILES string of the molecule is CSc1ccc(/C=N/NC(=O)C(=O)N2CCCC2)cc1. The number of benzene rings is 1. The molecule has 1 N–H and O–H groups in total. The van der Waals surface area contributed by atoms with Crippen molar-refractivity contribution in [1.29, 1.82) is 0 Å². The molecule has 1 heterocycles. The molecule has 1 aliphatic rings. The maximum atomic E-state index is 11.7. The highest BCUT2D eigenvalue weighted by Crippen LogP contribution is 2.13. The van der Waals surface area contributed by atoms with Crippen molar-refractivity contribution in [3.63, 3.8) is 0 Å². The van der Waals surface area contributed by atoms with Gasteiger partial charge >= 0.3 is 11.8 Å². The minimum absolute atomic E-state index is 0.502. The Morgan fingerprint density at radius 1 is 1.25 bits per heavy atom. The Bertz CT molecular complexity index is 508. The summed E-state index contributed by atoms with van der Waals surface area (Å²) >= 11 is 1.66. The lowest BCUT2D eigenvalue weighted by Gasteiger charge is -2.12. The molecular weight excluding hydrogens is 274 g/mol. The average Bonchev–Trinajstić information content (AvgIpc) is 3.01. The van der Waals surface area contributed by atoms with Crippen LogP contribution >= 0.6 is 11.8 Å². The molecule has 1 aromatic carbocycles. The molecule has 6 heteroatoms. The van der Waals surface area contributed by atoms with Crippen LogP contribution in [0.4, 0.5) is 0 Å². The molecule has 1 saturated heterocycles. The van der Waals surface area contributed by atoms with Gasteiger partial charge in [0.1, 0.15) is 0 Å². The zero-order chi connectivity index (χ0) is 14.4. The van der Waals surface area contributed by atoms with Gasteiger partial charge < -0.3 is 4.90 Å². The molecule has 0 radical (unpaired) electrons. The van der Waals surface area contributed by atoms with Gasteiger partial charge in [0, 0.05) is 18.0 Å². The number of hydrogen-bond acceptors (Lipinski definition) is 4. The van der Waals surface area contributed by atoms with Crippen molar-refractivity contribution >= 4 is 29.8 Å². The summed E-state index contributed by atoms with van der Waals surface area (Å²) in [5, 5.41) is 3.81. The topological polar surface area (TPSA) is 61.8 Å². The summed E-state index contributed by atoms with van der Waals surface area (Å²) in [7, 11) is 0. The molecular formula is C14H17N3O2S. The normalized spacial score (nSPS) is 14.8. The number of hydrazone groups is 1. The minimum Gasteiger partial charge on any atom is -0.334 e. The molecule has 0 saturated carbocycles. The molecule has 2 amide bonds. The first kappa shape index (κ1) is 14.6. The standard InChI is InChI=1S/C14H17N3O2S/c1-20-12-6-4-11(5-7-12)10-15-16-13(18)14(19)17-8-2-3-9-17/h4-7,10H,2-3,8-9H2,1H3,(H,16,18)/b15-10+. The number of thioether (sulfide) groups is 1. The van der Waals surface area contributed by atoms with Gasteiger partial charge in [-0.1, -0.05) is 12.1 Å². The van der Waals surface area contributed by atoms with Crippen LogP contribution in [0.25, 0.3) is 0 Å². The summed E-state index contributed by atoms with van der Waals surface area (Å²) in [5.74, 6) is -1.18. The lowest BCUT2D eigenvalue weighted by atomic mass is 10.2. The molecule has 0 atom stereocenters. The fourth-order valence-electron chi connectivity index (χ4n) is 1.97. The van der Waals surface area contributed by atoms with Crippen LogP contribution in [0.3, 0.4) is 0 Å². The van der Waals surface area contributed by atoms with E-state index in [9.17, 15) is 9.59 Å². The van der Waals surface area contributed by atoms with Gasteiger partial charge in [-0.3, -0.25) is 9.59 Å². The summed E-state index contributed by atoms with van der Waals surface area (Å²) < 4.78 is 0.